The number of nitrogens with one attached hydrogen (secondary N) is 1. The molecular weight excluding hydrogens is 310 g/mol. The van der Waals surface area contributed by atoms with Crippen LogP contribution >= 0.6 is 11.6 Å². The topological polar surface area (TPSA) is 56.1 Å². The van der Waals surface area contributed by atoms with Gasteiger partial charge in [0.1, 0.15) is 0 Å². The van der Waals surface area contributed by atoms with Gasteiger partial charge in [-0.3, -0.25) is 4.79 Å². The van der Waals surface area contributed by atoms with Crippen LogP contribution in [0.1, 0.15) is 28.8 Å². The second-order valence-electron chi connectivity index (χ2n) is 5.50. The summed E-state index contributed by atoms with van der Waals surface area (Å²) in [5, 5.41) is 12.3. The van der Waals surface area contributed by atoms with Crippen molar-refractivity contribution in [3.8, 4) is 6.07 Å². The molecule has 0 bridgehead atoms. The Bertz CT molecular complexity index is 759. The normalized spacial score (nSPS) is 13.7. The maximum atomic E-state index is 12.4. The number of halogens is 1. The molecule has 1 saturated heterocycles. The van der Waals surface area contributed by atoms with Gasteiger partial charge in [0, 0.05) is 23.7 Å². The number of carbonyl (C=O) groups is 1. The first kappa shape index (κ1) is 15.4. The zero-order valence-corrected chi connectivity index (χ0v) is 13.3. The number of hydrogen-bond acceptors (Lipinski definition) is 3. The maximum Gasteiger partial charge on any atom is 0.255 e. The molecule has 3 rings (SSSR count). The molecule has 5 heteroatoms. The molecule has 4 nitrogen and oxygen atoms in total. The monoisotopic (exact) mass is 325 g/mol. The third-order valence-corrected chi connectivity index (χ3v) is 4.16. The van der Waals surface area contributed by atoms with E-state index in [1.165, 1.54) is 0 Å². The van der Waals surface area contributed by atoms with Crippen molar-refractivity contribution in [2.75, 3.05) is 23.3 Å². The third-order valence-electron chi connectivity index (χ3n) is 3.93. The van der Waals surface area contributed by atoms with Gasteiger partial charge in [0.2, 0.25) is 0 Å². The van der Waals surface area contributed by atoms with Crippen LogP contribution in [0.3, 0.4) is 0 Å². The largest absolute Gasteiger partial charge is 0.370 e. The summed E-state index contributed by atoms with van der Waals surface area (Å²) in [6, 6.07) is 14.2. The number of nitrogens with zero attached hydrogens (tertiary/aromatic N) is 2. The lowest BCUT2D eigenvalue weighted by Gasteiger charge is -2.22. The van der Waals surface area contributed by atoms with E-state index >= 15 is 0 Å². The average Bonchev–Trinajstić information content (AvgIpc) is 3.09. The number of hydrogen-bond donors (Lipinski definition) is 1. The summed E-state index contributed by atoms with van der Waals surface area (Å²) < 4.78 is 0. The number of carbonyl (C=O) groups excluding carboxylic acids is 1. The lowest BCUT2D eigenvalue weighted by atomic mass is 10.1. The van der Waals surface area contributed by atoms with Crippen molar-refractivity contribution in [2.45, 2.75) is 12.8 Å². The van der Waals surface area contributed by atoms with Crippen LogP contribution in [-0.2, 0) is 0 Å². The van der Waals surface area contributed by atoms with E-state index in [4.69, 9.17) is 16.9 Å². The molecule has 116 valence electrons. The van der Waals surface area contributed by atoms with Crippen LogP contribution in [0.25, 0.3) is 0 Å². The Kier molecular flexibility index (Phi) is 4.50. The number of nitriles is 1. The predicted octanol–water partition coefficient (Wildman–Crippen LogP) is 4.06. The number of anilines is 2. The molecule has 0 aliphatic carbocycles. The van der Waals surface area contributed by atoms with Crippen molar-refractivity contribution >= 4 is 28.9 Å². The van der Waals surface area contributed by atoms with E-state index in [1.807, 2.05) is 18.2 Å². The highest BCUT2D eigenvalue weighted by molar-refractivity contribution is 6.31. The summed E-state index contributed by atoms with van der Waals surface area (Å²) in [6.07, 6.45) is 2.32. The fourth-order valence-corrected chi connectivity index (χ4v) is 2.90. The first-order valence-corrected chi connectivity index (χ1v) is 7.91. The fraction of sp³-hybridized carbons (Fsp3) is 0.222. The SMILES string of the molecule is N#Cc1ccc(C(=O)Nc2cc(Cl)ccc2N2CCCC2)cc1. The van der Waals surface area contributed by atoms with Gasteiger partial charge < -0.3 is 10.2 Å². The Balaban J connectivity index is 1.84. The molecule has 1 aliphatic rings. The second-order valence-corrected chi connectivity index (χ2v) is 5.94. The minimum Gasteiger partial charge on any atom is -0.370 e. The highest BCUT2D eigenvalue weighted by Crippen LogP contribution is 2.31. The first-order chi connectivity index (χ1) is 11.2. The van der Waals surface area contributed by atoms with E-state index in [1.54, 1.807) is 30.3 Å². The van der Waals surface area contributed by atoms with E-state index in [2.05, 4.69) is 10.2 Å². The molecule has 1 amide bonds. The number of rotatable bonds is 3. The summed E-state index contributed by atoms with van der Waals surface area (Å²) in [5.74, 6) is -0.211. The minimum absolute atomic E-state index is 0.211. The van der Waals surface area contributed by atoms with Crippen LogP contribution in [0, 0.1) is 11.3 Å². The predicted molar refractivity (Wildman–Crippen MR) is 92.0 cm³/mol. The number of amides is 1. The van der Waals surface area contributed by atoms with Gasteiger partial charge in [-0.25, -0.2) is 0 Å². The quantitative estimate of drug-likeness (QED) is 0.925. The fourth-order valence-electron chi connectivity index (χ4n) is 2.73. The Morgan fingerprint density at radius 1 is 1.13 bits per heavy atom. The van der Waals surface area contributed by atoms with Crippen LogP contribution in [0.15, 0.2) is 42.5 Å². The minimum atomic E-state index is -0.211. The molecule has 0 spiro atoms. The van der Waals surface area contributed by atoms with Crippen LogP contribution in [0.4, 0.5) is 11.4 Å². The van der Waals surface area contributed by atoms with Gasteiger partial charge in [0.05, 0.1) is 23.0 Å². The summed E-state index contributed by atoms with van der Waals surface area (Å²) in [5.41, 5.74) is 2.75. The molecule has 0 radical (unpaired) electrons. The molecule has 2 aromatic carbocycles. The molecule has 0 saturated carbocycles. The molecule has 0 aromatic heterocycles. The van der Waals surface area contributed by atoms with E-state index < -0.39 is 0 Å². The van der Waals surface area contributed by atoms with Gasteiger partial charge in [-0.05, 0) is 55.3 Å². The van der Waals surface area contributed by atoms with Gasteiger partial charge in [-0.2, -0.15) is 5.26 Å². The van der Waals surface area contributed by atoms with Crippen LogP contribution in [0.5, 0.6) is 0 Å². The van der Waals surface area contributed by atoms with Crippen molar-refractivity contribution in [1.29, 1.82) is 5.26 Å². The van der Waals surface area contributed by atoms with Crippen LogP contribution in [0.2, 0.25) is 5.02 Å². The Morgan fingerprint density at radius 2 is 1.83 bits per heavy atom. The lowest BCUT2D eigenvalue weighted by Crippen LogP contribution is -2.21. The Morgan fingerprint density at radius 3 is 2.48 bits per heavy atom. The molecular formula is C18H16ClN3O. The van der Waals surface area contributed by atoms with Crippen molar-refractivity contribution in [3.05, 3.63) is 58.6 Å². The first-order valence-electron chi connectivity index (χ1n) is 7.53. The van der Waals surface area contributed by atoms with Crippen molar-refractivity contribution in [3.63, 3.8) is 0 Å². The van der Waals surface area contributed by atoms with Gasteiger partial charge in [-0.1, -0.05) is 11.6 Å². The smallest absolute Gasteiger partial charge is 0.255 e. The second kappa shape index (κ2) is 6.72. The van der Waals surface area contributed by atoms with Crippen molar-refractivity contribution in [1.82, 2.24) is 0 Å². The average molecular weight is 326 g/mol. The highest BCUT2D eigenvalue weighted by Gasteiger charge is 2.17. The summed E-state index contributed by atoms with van der Waals surface area (Å²) in [7, 11) is 0. The molecule has 1 fully saturated rings. The van der Waals surface area contributed by atoms with Gasteiger partial charge in [-0.15, -0.1) is 0 Å². The lowest BCUT2D eigenvalue weighted by molar-refractivity contribution is 0.102. The summed E-state index contributed by atoms with van der Waals surface area (Å²) in [4.78, 5) is 14.7. The van der Waals surface area contributed by atoms with Crippen LogP contribution < -0.4 is 10.2 Å². The number of benzene rings is 2. The van der Waals surface area contributed by atoms with E-state index in [-0.39, 0.29) is 5.91 Å². The molecule has 0 unspecified atom stereocenters. The molecule has 2 aromatic rings. The van der Waals surface area contributed by atoms with Gasteiger partial charge >= 0.3 is 0 Å². The van der Waals surface area contributed by atoms with Crippen molar-refractivity contribution in [2.24, 2.45) is 0 Å². The molecule has 23 heavy (non-hydrogen) atoms. The zero-order chi connectivity index (χ0) is 16.2. The third kappa shape index (κ3) is 3.46. The highest BCUT2D eigenvalue weighted by atomic mass is 35.5. The Hall–Kier alpha value is -2.51. The van der Waals surface area contributed by atoms with Crippen molar-refractivity contribution < 1.29 is 4.79 Å². The van der Waals surface area contributed by atoms with E-state index in [0.717, 1.165) is 31.6 Å². The summed E-state index contributed by atoms with van der Waals surface area (Å²) in [6.45, 7) is 1.97. The zero-order valence-electron chi connectivity index (χ0n) is 12.6. The standard InChI is InChI=1S/C18H16ClN3O/c19-15-7-8-17(22-9-1-2-10-22)16(11-15)21-18(23)14-5-3-13(12-20)4-6-14/h3-8,11H,1-2,9-10H2,(H,21,23). The molecule has 1 aliphatic heterocycles. The maximum absolute atomic E-state index is 12.4. The molecule has 1 N–H and O–H groups in total. The van der Waals surface area contributed by atoms with Gasteiger partial charge in [0.15, 0.2) is 0 Å². The summed E-state index contributed by atoms with van der Waals surface area (Å²) >= 11 is 6.09. The van der Waals surface area contributed by atoms with E-state index in [9.17, 15) is 4.79 Å². The molecule has 0 atom stereocenters. The Labute approximate surface area is 140 Å². The molecule has 1 heterocycles. The van der Waals surface area contributed by atoms with E-state index in [0.29, 0.717) is 21.8 Å². The van der Waals surface area contributed by atoms with Gasteiger partial charge in [0.25, 0.3) is 5.91 Å². The van der Waals surface area contributed by atoms with Crippen LogP contribution in [-0.4, -0.2) is 19.0 Å².